The average molecular weight is 295 g/mol. The third kappa shape index (κ3) is 3.80. The number of rotatable bonds is 5. The van der Waals surface area contributed by atoms with Crippen LogP contribution in [0.5, 0.6) is 5.75 Å². The number of thioether (sulfide) groups is 1. The Labute approximate surface area is 123 Å². The van der Waals surface area contributed by atoms with Crippen molar-refractivity contribution in [3.05, 3.63) is 29.3 Å². The predicted octanol–water partition coefficient (Wildman–Crippen LogP) is 1.77. The van der Waals surface area contributed by atoms with Crippen molar-refractivity contribution in [2.45, 2.75) is 25.4 Å². The van der Waals surface area contributed by atoms with Crippen LogP contribution in [0.2, 0.25) is 0 Å². The summed E-state index contributed by atoms with van der Waals surface area (Å²) in [7, 11) is 1.57. The minimum atomic E-state index is 0.0674. The van der Waals surface area contributed by atoms with Gasteiger partial charge in [-0.3, -0.25) is 0 Å². The van der Waals surface area contributed by atoms with Gasteiger partial charge in [0.2, 0.25) is 0 Å². The molecule has 0 unspecified atom stereocenters. The van der Waals surface area contributed by atoms with Crippen molar-refractivity contribution in [1.82, 2.24) is 5.32 Å². The number of nitrogens with two attached hydrogens (primary N) is 1. The highest BCUT2D eigenvalue weighted by molar-refractivity contribution is 7.99. The van der Waals surface area contributed by atoms with Crippen molar-refractivity contribution in [1.29, 1.82) is 0 Å². The van der Waals surface area contributed by atoms with Gasteiger partial charge in [-0.15, -0.1) is 0 Å². The van der Waals surface area contributed by atoms with E-state index in [9.17, 15) is 0 Å². The van der Waals surface area contributed by atoms with Crippen molar-refractivity contribution < 1.29 is 9.94 Å². The molecule has 0 radical (unpaired) electrons. The van der Waals surface area contributed by atoms with E-state index in [-0.39, 0.29) is 5.84 Å². The van der Waals surface area contributed by atoms with Gasteiger partial charge < -0.3 is 21.0 Å². The Hall–Kier alpha value is -1.40. The molecule has 20 heavy (non-hydrogen) atoms. The highest BCUT2D eigenvalue weighted by Gasteiger charge is 2.14. The van der Waals surface area contributed by atoms with E-state index in [1.807, 2.05) is 30.0 Å². The van der Waals surface area contributed by atoms with E-state index in [4.69, 9.17) is 15.7 Å². The fraction of sp³-hybridized carbons (Fsp3) is 0.500. The number of nitrogens with one attached hydrogen (secondary N) is 1. The number of benzene rings is 1. The van der Waals surface area contributed by atoms with Crippen LogP contribution in [0.1, 0.15) is 24.0 Å². The average Bonchev–Trinajstić information content (AvgIpc) is 2.52. The first kappa shape index (κ1) is 15.0. The van der Waals surface area contributed by atoms with Crippen LogP contribution in [0.15, 0.2) is 23.4 Å². The summed E-state index contributed by atoms with van der Waals surface area (Å²) in [6, 6.07) is 6.34. The molecule has 0 aromatic heterocycles. The van der Waals surface area contributed by atoms with E-state index in [1.54, 1.807) is 7.11 Å². The number of methoxy groups -OCH3 is 1. The lowest BCUT2D eigenvalue weighted by Gasteiger charge is -2.22. The van der Waals surface area contributed by atoms with Gasteiger partial charge in [-0.25, -0.2) is 0 Å². The molecule has 1 aromatic rings. The molecule has 1 saturated heterocycles. The van der Waals surface area contributed by atoms with Crippen LogP contribution in [0, 0.1) is 0 Å². The Morgan fingerprint density at radius 1 is 1.50 bits per heavy atom. The summed E-state index contributed by atoms with van der Waals surface area (Å²) in [5, 5.41) is 15.4. The summed E-state index contributed by atoms with van der Waals surface area (Å²) in [6.45, 7) is 0.783. The smallest absolute Gasteiger partial charge is 0.173 e. The number of ether oxygens (including phenoxy) is 1. The van der Waals surface area contributed by atoms with E-state index >= 15 is 0 Å². The summed E-state index contributed by atoms with van der Waals surface area (Å²) >= 11 is 2.02. The van der Waals surface area contributed by atoms with Crippen LogP contribution in [0.25, 0.3) is 0 Å². The van der Waals surface area contributed by atoms with E-state index in [0.717, 1.165) is 12.1 Å². The predicted molar refractivity (Wildman–Crippen MR) is 82.7 cm³/mol. The first-order valence-corrected chi connectivity index (χ1v) is 7.86. The molecular formula is C14H21N3O2S. The summed E-state index contributed by atoms with van der Waals surface area (Å²) < 4.78 is 5.22. The van der Waals surface area contributed by atoms with E-state index in [0.29, 0.717) is 17.4 Å². The SMILES string of the molecule is COc1ccc(CNC2CCSCC2)cc1/C(N)=N/O. The van der Waals surface area contributed by atoms with Gasteiger partial charge in [0.15, 0.2) is 5.84 Å². The Bertz CT molecular complexity index is 473. The second-order valence-electron chi connectivity index (χ2n) is 4.79. The molecule has 2 rings (SSSR count). The Kier molecular flexibility index (Phi) is 5.55. The van der Waals surface area contributed by atoms with Crippen LogP contribution < -0.4 is 15.8 Å². The van der Waals surface area contributed by atoms with Gasteiger partial charge in [0.25, 0.3) is 0 Å². The summed E-state index contributed by atoms with van der Waals surface area (Å²) in [5.41, 5.74) is 7.40. The molecule has 110 valence electrons. The summed E-state index contributed by atoms with van der Waals surface area (Å²) in [4.78, 5) is 0. The molecule has 0 amide bonds. The quantitative estimate of drug-likeness (QED) is 0.334. The minimum Gasteiger partial charge on any atom is -0.496 e. The van der Waals surface area contributed by atoms with Crippen molar-refractivity contribution in [2.24, 2.45) is 10.9 Å². The molecular weight excluding hydrogens is 274 g/mol. The lowest BCUT2D eigenvalue weighted by Crippen LogP contribution is -2.32. The van der Waals surface area contributed by atoms with E-state index in [2.05, 4.69) is 10.5 Å². The molecule has 0 aliphatic carbocycles. The number of amidine groups is 1. The molecule has 1 aliphatic heterocycles. The van der Waals surface area contributed by atoms with Gasteiger partial charge >= 0.3 is 0 Å². The maximum atomic E-state index is 8.82. The second-order valence-corrected chi connectivity index (χ2v) is 6.01. The maximum Gasteiger partial charge on any atom is 0.173 e. The maximum absolute atomic E-state index is 8.82. The summed E-state index contributed by atoms with van der Waals surface area (Å²) in [5.74, 6) is 3.14. The monoisotopic (exact) mass is 295 g/mol. The van der Waals surface area contributed by atoms with Gasteiger partial charge in [0.05, 0.1) is 12.7 Å². The third-order valence-electron chi connectivity index (χ3n) is 3.46. The summed E-state index contributed by atoms with van der Waals surface area (Å²) in [6.07, 6.45) is 2.43. The number of hydrogen-bond acceptors (Lipinski definition) is 5. The Balaban J connectivity index is 2.04. The first-order chi connectivity index (χ1) is 9.74. The van der Waals surface area contributed by atoms with Gasteiger partial charge in [-0.05, 0) is 42.0 Å². The zero-order valence-electron chi connectivity index (χ0n) is 11.6. The van der Waals surface area contributed by atoms with Gasteiger partial charge in [0, 0.05) is 12.6 Å². The van der Waals surface area contributed by atoms with Crippen molar-refractivity contribution in [3.63, 3.8) is 0 Å². The lowest BCUT2D eigenvalue weighted by molar-refractivity contribution is 0.318. The molecule has 0 saturated carbocycles. The fourth-order valence-electron chi connectivity index (χ4n) is 2.28. The molecule has 6 heteroatoms. The molecule has 1 heterocycles. The van der Waals surface area contributed by atoms with Crippen LogP contribution in [-0.2, 0) is 6.54 Å². The van der Waals surface area contributed by atoms with Gasteiger partial charge in [-0.2, -0.15) is 11.8 Å². The van der Waals surface area contributed by atoms with Crippen LogP contribution >= 0.6 is 11.8 Å². The topological polar surface area (TPSA) is 79.9 Å². The largest absolute Gasteiger partial charge is 0.496 e. The van der Waals surface area contributed by atoms with Crippen LogP contribution in [-0.4, -0.2) is 35.7 Å². The van der Waals surface area contributed by atoms with Crippen LogP contribution in [0.4, 0.5) is 0 Å². The fourth-order valence-corrected chi connectivity index (χ4v) is 3.39. The highest BCUT2D eigenvalue weighted by atomic mass is 32.2. The van der Waals surface area contributed by atoms with E-state index in [1.165, 1.54) is 24.3 Å². The second kappa shape index (κ2) is 7.40. The molecule has 1 aromatic carbocycles. The zero-order valence-corrected chi connectivity index (χ0v) is 12.4. The normalized spacial score (nSPS) is 17.1. The van der Waals surface area contributed by atoms with E-state index < -0.39 is 0 Å². The van der Waals surface area contributed by atoms with Gasteiger partial charge in [-0.1, -0.05) is 11.2 Å². The zero-order chi connectivity index (χ0) is 14.4. The molecule has 0 bridgehead atoms. The number of oxime groups is 1. The Morgan fingerprint density at radius 3 is 2.90 bits per heavy atom. The van der Waals surface area contributed by atoms with Crippen molar-refractivity contribution in [2.75, 3.05) is 18.6 Å². The van der Waals surface area contributed by atoms with Crippen molar-refractivity contribution in [3.8, 4) is 5.75 Å². The van der Waals surface area contributed by atoms with Crippen LogP contribution in [0.3, 0.4) is 0 Å². The number of nitrogens with zero attached hydrogens (tertiary/aromatic N) is 1. The standard InChI is InChI=1S/C14H21N3O2S/c1-19-13-3-2-10(8-12(13)14(15)17-18)9-16-11-4-6-20-7-5-11/h2-3,8,11,16,18H,4-7,9H2,1H3,(H2,15,17). The molecule has 0 spiro atoms. The van der Waals surface area contributed by atoms with Crippen molar-refractivity contribution >= 4 is 17.6 Å². The molecule has 0 atom stereocenters. The molecule has 5 nitrogen and oxygen atoms in total. The Morgan fingerprint density at radius 2 is 2.25 bits per heavy atom. The lowest BCUT2D eigenvalue weighted by atomic mass is 10.1. The minimum absolute atomic E-state index is 0.0674. The van der Waals surface area contributed by atoms with Gasteiger partial charge in [0.1, 0.15) is 5.75 Å². The molecule has 1 fully saturated rings. The first-order valence-electron chi connectivity index (χ1n) is 6.70. The molecule has 4 N–H and O–H groups in total. The highest BCUT2D eigenvalue weighted by Crippen LogP contribution is 2.21. The third-order valence-corrected chi connectivity index (χ3v) is 4.51. The number of hydrogen-bond donors (Lipinski definition) is 3. The molecule has 1 aliphatic rings.